The Morgan fingerprint density at radius 3 is 2.18 bits per heavy atom. The number of benzene rings is 4. The van der Waals surface area contributed by atoms with Crippen molar-refractivity contribution in [1.29, 1.82) is 0 Å². The number of nitrogens with zero attached hydrogens (tertiary/aromatic N) is 2. The maximum Gasteiger partial charge on any atom is 0.417 e. The summed E-state index contributed by atoms with van der Waals surface area (Å²) in [7, 11) is -4.65. The highest BCUT2D eigenvalue weighted by atomic mass is 35.5. The smallest absolute Gasteiger partial charge is 0.352 e. The number of sulfonamides is 1. The van der Waals surface area contributed by atoms with Crippen LogP contribution in [-0.4, -0.2) is 43.8 Å². The van der Waals surface area contributed by atoms with Crippen LogP contribution in [0, 0.1) is 6.92 Å². The van der Waals surface area contributed by atoms with E-state index in [0.29, 0.717) is 21.0 Å². The van der Waals surface area contributed by atoms with E-state index < -0.39 is 56.9 Å². The van der Waals surface area contributed by atoms with E-state index in [2.05, 4.69) is 5.32 Å². The fourth-order valence-corrected chi connectivity index (χ4v) is 8.11. The molecule has 0 aliphatic heterocycles. The van der Waals surface area contributed by atoms with E-state index in [4.69, 9.17) is 34.8 Å². The van der Waals surface area contributed by atoms with E-state index in [9.17, 15) is 31.2 Å². The number of amides is 2. The molecule has 1 aliphatic rings. The number of hydrogen-bond donors (Lipinski definition) is 1. The number of alkyl halides is 3. The van der Waals surface area contributed by atoms with Crippen molar-refractivity contribution in [3.05, 3.63) is 128 Å². The zero-order valence-corrected chi connectivity index (χ0v) is 30.6. The minimum absolute atomic E-state index is 0.0558. The molecular weight excluding hydrogens is 746 g/mol. The van der Waals surface area contributed by atoms with E-state index in [0.717, 1.165) is 48.9 Å². The lowest BCUT2D eigenvalue weighted by atomic mass is 10.0. The van der Waals surface area contributed by atoms with Gasteiger partial charge in [-0.1, -0.05) is 102 Å². The minimum Gasteiger partial charge on any atom is -0.352 e. The molecule has 14 heteroatoms. The molecule has 270 valence electrons. The third-order valence-corrected chi connectivity index (χ3v) is 11.5. The second-order valence-corrected chi connectivity index (χ2v) is 15.6. The average Bonchev–Trinajstić information content (AvgIpc) is 3.59. The van der Waals surface area contributed by atoms with Gasteiger partial charge < -0.3 is 10.2 Å². The van der Waals surface area contributed by atoms with Crippen molar-refractivity contribution in [2.45, 2.75) is 68.7 Å². The van der Waals surface area contributed by atoms with Crippen molar-refractivity contribution in [3.63, 3.8) is 0 Å². The Hall–Kier alpha value is -3.77. The van der Waals surface area contributed by atoms with Crippen molar-refractivity contribution in [2.24, 2.45) is 0 Å². The summed E-state index contributed by atoms with van der Waals surface area (Å²) in [6, 6.07) is 20.7. The molecule has 0 radical (unpaired) electrons. The maximum absolute atomic E-state index is 14.7. The molecule has 1 aliphatic carbocycles. The lowest BCUT2D eigenvalue weighted by Crippen LogP contribution is -2.54. The summed E-state index contributed by atoms with van der Waals surface area (Å²) in [5.41, 5.74) is 0.159. The topological polar surface area (TPSA) is 86.8 Å². The van der Waals surface area contributed by atoms with Crippen LogP contribution < -0.4 is 9.62 Å². The zero-order chi connectivity index (χ0) is 36.9. The maximum atomic E-state index is 14.7. The summed E-state index contributed by atoms with van der Waals surface area (Å²) < 4.78 is 71.2. The van der Waals surface area contributed by atoms with Gasteiger partial charge in [0.2, 0.25) is 11.8 Å². The number of rotatable bonds is 12. The highest BCUT2D eigenvalue weighted by molar-refractivity contribution is 7.92. The summed E-state index contributed by atoms with van der Waals surface area (Å²) in [4.78, 5) is 29.8. The predicted molar refractivity (Wildman–Crippen MR) is 194 cm³/mol. The Balaban J connectivity index is 1.63. The number of halogens is 6. The van der Waals surface area contributed by atoms with Crippen LogP contribution in [0.25, 0.3) is 0 Å². The number of aryl methyl sites for hydroxylation is 1. The van der Waals surface area contributed by atoms with E-state index in [1.165, 1.54) is 35.2 Å². The minimum atomic E-state index is -4.92. The number of anilines is 1. The molecule has 5 rings (SSSR count). The van der Waals surface area contributed by atoms with Crippen molar-refractivity contribution in [2.75, 3.05) is 10.8 Å². The van der Waals surface area contributed by atoms with Gasteiger partial charge in [-0.3, -0.25) is 13.9 Å². The molecule has 4 aromatic carbocycles. The van der Waals surface area contributed by atoms with Crippen molar-refractivity contribution in [1.82, 2.24) is 10.2 Å². The fourth-order valence-electron chi connectivity index (χ4n) is 6.01. The number of carbonyl (C=O) groups is 2. The van der Waals surface area contributed by atoms with E-state index in [1.54, 1.807) is 43.3 Å². The van der Waals surface area contributed by atoms with Crippen molar-refractivity contribution < 1.29 is 31.2 Å². The second-order valence-electron chi connectivity index (χ2n) is 12.4. The van der Waals surface area contributed by atoms with Crippen LogP contribution in [0.4, 0.5) is 18.9 Å². The zero-order valence-electron chi connectivity index (χ0n) is 27.5. The molecule has 1 fully saturated rings. The first-order valence-electron chi connectivity index (χ1n) is 16.2. The van der Waals surface area contributed by atoms with E-state index in [-0.39, 0.29) is 28.9 Å². The molecule has 0 saturated heterocycles. The van der Waals surface area contributed by atoms with Crippen LogP contribution in [0.3, 0.4) is 0 Å². The Morgan fingerprint density at radius 1 is 0.882 bits per heavy atom. The van der Waals surface area contributed by atoms with Gasteiger partial charge in [0.15, 0.2) is 0 Å². The SMILES string of the molecule is Cc1ccc(S(=O)(=O)N(CC(=O)N(Cc2ccc(Cl)cc2Cl)C(Cc2ccccc2)C(=O)NC2CCCC2)c2ccc(Cl)c(C(F)(F)F)c2)cc1. The Bertz CT molecular complexity index is 1970. The lowest BCUT2D eigenvalue weighted by Gasteiger charge is -2.34. The third kappa shape index (κ3) is 9.57. The van der Waals surface area contributed by atoms with Crippen LogP contribution in [0.5, 0.6) is 0 Å². The predicted octanol–water partition coefficient (Wildman–Crippen LogP) is 8.87. The average molecular weight is 781 g/mol. The molecule has 1 atom stereocenters. The van der Waals surface area contributed by atoms with Gasteiger partial charge in [0.05, 0.1) is 21.2 Å². The molecular formula is C37H35Cl3F3N3O4S. The summed E-state index contributed by atoms with van der Waals surface area (Å²) in [6.07, 6.45) is -1.47. The molecule has 1 N–H and O–H groups in total. The molecule has 2 amide bonds. The molecule has 0 aromatic heterocycles. The summed E-state index contributed by atoms with van der Waals surface area (Å²) in [6.45, 7) is 0.551. The second kappa shape index (κ2) is 16.3. The van der Waals surface area contributed by atoms with Gasteiger partial charge in [-0.15, -0.1) is 0 Å². The van der Waals surface area contributed by atoms with Gasteiger partial charge >= 0.3 is 6.18 Å². The van der Waals surface area contributed by atoms with Gasteiger partial charge in [0, 0.05) is 29.1 Å². The monoisotopic (exact) mass is 779 g/mol. The van der Waals surface area contributed by atoms with Gasteiger partial charge in [-0.2, -0.15) is 13.2 Å². The molecule has 4 aromatic rings. The fraction of sp³-hybridized carbons (Fsp3) is 0.297. The first-order chi connectivity index (χ1) is 24.1. The van der Waals surface area contributed by atoms with Gasteiger partial charge in [-0.05, 0) is 73.4 Å². The van der Waals surface area contributed by atoms with Crippen molar-refractivity contribution >= 4 is 62.3 Å². The Labute approximate surface area is 310 Å². The van der Waals surface area contributed by atoms with Gasteiger partial charge in [0.25, 0.3) is 10.0 Å². The summed E-state index contributed by atoms with van der Waals surface area (Å²) >= 11 is 18.6. The number of nitrogens with one attached hydrogen (secondary N) is 1. The van der Waals surface area contributed by atoms with Crippen LogP contribution in [0.1, 0.15) is 47.9 Å². The summed E-state index contributed by atoms with van der Waals surface area (Å²) in [5, 5.41) is 2.95. The number of hydrogen-bond acceptors (Lipinski definition) is 4. The van der Waals surface area contributed by atoms with Crippen LogP contribution in [-0.2, 0) is 38.8 Å². The van der Waals surface area contributed by atoms with E-state index >= 15 is 0 Å². The van der Waals surface area contributed by atoms with Crippen LogP contribution >= 0.6 is 34.8 Å². The standard InChI is InChI=1S/C37H35Cl3F3N3O4S/c1-24-11-16-30(17-12-24)51(49,50)46(29-15-18-32(39)31(21-29)37(41,42)43)23-35(47)45(22-26-13-14-27(38)20-33(26)40)34(19-25-7-3-2-4-8-25)36(48)44-28-9-5-6-10-28/h2-4,7-8,11-18,20-21,28,34H,5-6,9-10,19,22-23H2,1H3,(H,44,48). The molecule has 1 saturated carbocycles. The Kier molecular flexibility index (Phi) is 12.3. The molecule has 0 spiro atoms. The molecule has 0 heterocycles. The number of carbonyl (C=O) groups excluding carboxylic acids is 2. The quantitative estimate of drug-likeness (QED) is 0.156. The first-order valence-corrected chi connectivity index (χ1v) is 18.7. The van der Waals surface area contributed by atoms with Crippen LogP contribution in [0.2, 0.25) is 15.1 Å². The van der Waals surface area contributed by atoms with Crippen LogP contribution in [0.15, 0.2) is 95.9 Å². The largest absolute Gasteiger partial charge is 0.417 e. The van der Waals surface area contributed by atoms with E-state index in [1.807, 2.05) is 6.07 Å². The normalized spacial score (nSPS) is 14.3. The third-order valence-electron chi connectivity index (χ3n) is 8.76. The molecule has 7 nitrogen and oxygen atoms in total. The molecule has 1 unspecified atom stereocenters. The molecule has 51 heavy (non-hydrogen) atoms. The molecule has 0 bridgehead atoms. The van der Waals surface area contributed by atoms with Crippen molar-refractivity contribution in [3.8, 4) is 0 Å². The Morgan fingerprint density at radius 2 is 1.55 bits per heavy atom. The van der Waals surface area contributed by atoms with Gasteiger partial charge in [-0.25, -0.2) is 8.42 Å². The lowest BCUT2D eigenvalue weighted by molar-refractivity contribution is -0.140. The highest BCUT2D eigenvalue weighted by Crippen LogP contribution is 2.38. The summed E-state index contributed by atoms with van der Waals surface area (Å²) in [5.74, 6) is -1.31. The highest BCUT2D eigenvalue weighted by Gasteiger charge is 2.38. The first kappa shape index (κ1) is 38.5. The van der Waals surface area contributed by atoms with Gasteiger partial charge in [0.1, 0.15) is 12.6 Å².